The number of anilines is 1. The Morgan fingerprint density at radius 2 is 1.80 bits per heavy atom. The maximum atomic E-state index is 12.6. The zero-order chi connectivity index (χ0) is 21.8. The smallest absolute Gasteiger partial charge is 0.408 e. The van der Waals surface area contributed by atoms with Gasteiger partial charge in [-0.25, -0.2) is 14.8 Å². The maximum absolute atomic E-state index is 12.6. The van der Waals surface area contributed by atoms with Crippen LogP contribution in [0.5, 0.6) is 5.75 Å². The largest absolute Gasteiger partial charge is 0.465 e. The fourth-order valence-corrected chi connectivity index (χ4v) is 3.80. The second-order valence-electron chi connectivity index (χ2n) is 6.74. The van der Waals surface area contributed by atoms with Crippen LogP contribution in [0.15, 0.2) is 57.3 Å². The van der Waals surface area contributed by atoms with Crippen LogP contribution in [-0.2, 0) is 10.1 Å². The molecule has 0 radical (unpaired) electrons. The number of nitrogens with zero attached hydrogens (tertiary/aromatic N) is 2. The molecule has 2 aromatic carbocycles. The summed E-state index contributed by atoms with van der Waals surface area (Å²) in [4.78, 5) is 19.2. The molecule has 11 heteroatoms. The van der Waals surface area contributed by atoms with Crippen molar-refractivity contribution in [2.45, 2.75) is 30.4 Å². The highest BCUT2D eigenvalue weighted by Crippen LogP contribution is 2.19. The van der Waals surface area contributed by atoms with Crippen molar-refractivity contribution in [3.8, 4) is 5.75 Å². The number of hydrogen-bond donors (Lipinski definition) is 4. The van der Waals surface area contributed by atoms with Crippen molar-refractivity contribution in [2.24, 2.45) is 9.98 Å². The van der Waals surface area contributed by atoms with Gasteiger partial charge in [0.1, 0.15) is 10.6 Å². The molecule has 0 fully saturated rings. The molecule has 0 aliphatic carbocycles. The van der Waals surface area contributed by atoms with Crippen molar-refractivity contribution in [3.05, 3.63) is 53.2 Å². The lowest BCUT2D eigenvalue weighted by Crippen LogP contribution is -2.41. The molecule has 0 saturated heterocycles. The van der Waals surface area contributed by atoms with E-state index in [-0.39, 0.29) is 17.3 Å². The summed E-state index contributed by atoms with van der Waals surface area (Å²) >= 11 is 0. The van der Waals surface area contributed by atoms with E-state index in [9.17, 15) is 13.2 Å². The van der Waals surface area contributed by atoms with Gasteiger partial charge in [-0.2, -0.15) is 8.42 Å². The summed E-state index contributed by atoms with van der Waals surface area (Å²) in [6.45, 7) is 2.29. The lowest BCUT2D eigenvalue weighted by molar-refractivity contribution is 0.182. The van der Waals surface area contributed by atoms with Crippen LogP contribution in [0.25, 0.3) is 0 Å². The van der Waals surface area contributed by atoms with Crippen molar-refractivity contribution in [1.29, 1.82) is 0 Å². The normalized spacial score (nSPS) is 17.4. The summed E-state index contributed by atoms with van der Waals surface area (Å²) < 4.78 is 30.3. The number of amides is 1. The summed E-state index contributed by atoms with van der Waals surface area (Å²) in [5.41, 5.74) is 0.759. The summed E-state index contributed by atoms with van der Waals surface area (Å²) in [6, 6.07) is 10.5. The topological polar surface area (TPSA) is 150 Å². The maximum Gasteiger partial charge on any atom is 0.408 e. The van der Waals surface area contributed by atoms with Crippen LogP contribution < -0.4 is 25.5 Å². The Balaban J connectivity index is 1.73. The van der Waals surface area contributed by atoms with Crippen LogP contribution in [0, 0.1) is 0 Å². The molecular formula is C19H22N4O6S. The van der Waals surface area contributed by atoms with Crippen molar-refractivity contribution < 1.29 is 27.6 Å². The molecule has 4 N–H and O–H groups in total. The highest BCUT2D eigenvalue weighted by atomic mass is 32.2. The predicted molar refractivity (Wildman–Crippen MR) is 107 cm³/mol. The van der Waals surface area contributed by atoms with Gasteiger partial charge in [-0.15, -0.1) is 0 Å². The molecule has 160 valence electrons. The quantitative estimate of drug-likeness (QED) is 0.337. The monoisotopic (exact) mass is 434 g/mol. The Hall–Kier alpha value is -3.18. The average molecular weight is 434 g/mol. The van der Waals surface area contributed by atoms with Crippen LogP contribution in [0.1, 0.15) is 19.8 Å². The first-order valence-electron chi connectivity index (χ1n) is 9.21. The molecule has 1 heterocycles. The number of carboxylic acid groups (broad SMARTS) is 1. The molecule has 30 heavy (non-hydrogen) atoms. The average Bonchev–Trinajstić information content (AvgIpc) is 2.99. The Kier molecular flexibility index (Phi) is 6.22. The first-order chi connectivity index (χ1) is 14.2. The van der Waals surface area contributed by atoms with Gasteiger partial charge in [0.15, 0.2) is 0 Å². The van der Waals surface area contributed by atoms with Gasteiger partial charge in [-0.3, -0.25) is 5.32 Å². The van der Waals surface area contributed by atoms with E-state index < -0.39 is 22.0 Å². The molecule has 1 aliphatic heterocycles. The van der Waals surface area contributed by atoms with Gasteiger partial charge in [0, 0.05) is 31.8 Å². The van der Waals surface area contributed by atoms with Crippen molar-refractivity contribution in [2.75, 3.05) is 18.5 Å². The number of rotatable bonds is 9. The molecule has 10 nitrogen and oxygen atoms in total. The lowest BCUT2D eigenvalue weighted by Gasteiger charge is -2.16. The van der Waals surface area contributed by atoms with Gasteiger partial charge in [-0.1, -0.05) is 0 Å². The van der Waals surface area contributed by atoms with Crippen LogP contribution in [-0.4, -0.2) is 43.7 Å². The van der Waals surface area contributed by atoms with Crippen LogP contribution >= 0.6 is 0 Å². The highest BCUT2D eigenvalue weighted by Gasteiger charge is 2.27. The molecule has 0 saturated carbocycles. The Morgan fingerprint density at radius 1 is 1.10 bits per heavy atom. The molecule has 1 amide bonds. The minimum Gasteiger partial charge on any atom is -0.465 e. The molecular weight excluding hydrogens is 412 g/mol. The first kappa shape index (κ1) is 21.5. The molecule has 1 unspecified atom stereocenters. The van der Waals surface area contributed by atoms with E-state index in [1.807, 2.05) is 0 Å². The van der Waals surface area contributed by atoms with Crippen molar-refractivity contribution >= 4 is 21.9 Å². The zero-order valence-corrected chi connectivity index (χ0v) is 17.0. The number of aliphatic hydroxyl groups excluding tert-OH is 1. The Labute approximate surface area is 173 Å². The van der Waals surface area contributed by atoms with Gasteiger partial charge in [-0.05, 0) is 49.2 Å². The third-order valence-corrected chi connectivity index (χ3v) is 5.49. The predicted octanol–water partition coefficient (Wildman–Crippen LogP) is 0.833. The molecule has 0 aromatic heterocycles. The van der Waals surface area contributed by atoms with E-state index >= 15 is 0 Å². The summed E-state index contributed by atoms with van der Waals surface area (Å²) in [5, 5.41) is 23.7. The van der Waals surface area contributed by atoms with E-state index in [1.54, 1.807) is 12.1 Å². The fourth-order valence-electron chi connectivity index (χ4n) is 2.88. The summed E-state index contributed by atoms with van der Waals surface area (Å²) in [6.07, 6.45) is 0.221. The minimum atomic E-state index is -4.07. The van der Waals surface area contributed by atoms with E-state index in [4.69, 9.17) is 14.4 Å². The number of hydrogen-bond acceptors (Lipinski definition) is 8. The van der Waals surface area contributed by atoms with Crippen LogP contribution in [0.2, 0.25) is 0 Å². The molecule has 1 atom stereocenters. The summed E-state index contributed by atoms with van der Waals surface area (Å²) in [7, 11) is -4.07. The van der Waals surface area contributed by atoms with E-state index in [0.29, 0.717) is 23.7 Å². The number of fused-ring (bicyclic) bond motifs is 1. The van der Waals surface area contributed by atoms with Crippen molar-refractivity contribution in [1.82, 2.24) is 5.32 Å². The molecule has 2 aromatic rings. The molecule has 0 bridgehead atoms. The summed E-state index contributed by atoms with van der Waals surface area (Å²) in [5.74, 6) is -1.33. The number of benzene rings is 2. The van der Waals surface area contributed by atoms with Gasteiger partial charge in [0.2, 0.25) is 5.79 Å². The highest BCUT2D eigenvalue weighted by molar-refractivity contribution is 7.87. The molecule has 0 spiro atoms. The van der Waals surface area contributed by atoms with Crippen LogP contribution in [0.3, 0.4) is 0 Å². The SMILES string of the molecule is CC1(NC(=O)O)N=c2ccc(OS(=O)(=O)c3ccc(NCCCCO)cc3)cc2=N1. The molecule has 1 aliphatic rings. The Bertz CT molecular complexity index is 1150. The van der Waals surface area contributed by atoms with Crippen LogP contribution in [0.4, 0.5) is 10.5 Å². The van der Waals surface area contributed by atoms with Gasteiger partial charge >= 0.3 is 16.2 Å². The van der Waals surface area contributed by atoms with Gasteiger partial charge in [0.05, 0.1) is 10.7 Å². The fraction of sp³-hybridized carbons (Fsp3) is 0.316. The van der Waals surface area contributed by atoms with E-state index in [1.165, 1.54) is 37.3 Å². The Morgan fingerprint density at radius 3 is 2.47 bits per heavy atom. The van der Waals surface area contributed by atoms with E-state index in [0.717, 1.165) is 12.1 Å². The third kappa shape index (κ3) is 5.24. The van der Waals surface area contributed by atoms with Gasteiger partial charge in [0.25, 0.3) is 0 Å². The van der Waals surface area contributed by atoms with Crippen molar-refractivity contribution in [3.63, 3.8) is 0 Å². The zero-order valence-electron chi connectivity index (χ0n) is 16.2. The second kappa shape index (κ2) is 8.67. The number of unbranched alkanes of at least 4 members (excludes halogenated alkanes) is 1. The van der Waals surface area contributed by atoms with E-state index in [2.05, 4.69) is 20.6 Å². The third-order valence-electron chi connectivity index (χ3n) is 4.23. The first-order valence-corrected chi connectivity index (χ1v) is 10.6. The standard InChI is InChI=1S/C19H22N4O6S/c1-19(23-18(25)26)21-16-9-6-14(12-17(16)22-19)29-30(27,28)15-7-4-13(5-8-15)20-10-2-3-11-24/h4-9,12,20,23-24H,2-3,10-11H2,1H3,(H,25,26). The minimum absolute atomic E-state index is 0.0112. The number of nitrogens with one attached hydrogen (secondary N) is 2. The number of aliphatic hydroxyl groups is 1. The second-order valence-corrected chi connectivity index (χ2v) is 8.29. The number of carbonyl (C=O) groups is 1. The molecule has 3 rings (SSSR count). The lowest BCUT2D eigenvalue weighted by atomic mass is 10.3. The van der Waals surface area contributed by atoms with Gasteiger partial charge < -0.3 is 19.7 Å².